The first-order valence-electron chi connectivity index (χ1n) is 30.1. The highest BCUT2D eigenvalue weighted by Gasteiger charge is 2.20. The first-order valence-corrected chi connectivity index (χ1v) is 30.1. The van der Waals surface area contributed by atoms with Crippen molar-refractivity contribution in [2.75, 3.05) is 75.5 Å². The molecule has 0 radical (unpaired) electrons. The smallest absolute Gasteiger partial charge is 0.00101 e. The van der Waals surface area contributed by atoms with E-state index in [2.05, 4.69) is 305 Å². The quantitative estimate of drug-likeness (QED) is 0.123. The maximum atomic E-state index is 3.23. The van der Waals surface area contributed by atoms with Crippen LogP contribution in [-0.4, -0.2) is 90.2 Å². The lowest BCUT2D eigenvalue weighted by Crippen LogP contribution is -2.12. The Bertz CT molecular complexity index is 3280. The maximum absolute atomic E-state index is 3.23. The molecule has 4 aliphatic rings. The average molecular weight is 1160 g/mol. The van der Waals surface area contributed by atoms with Crippen LogP contribution in [0, 0.1) is 0 Å². The fraction of sp³-hybridized carbons (Fsp3) is 0.241. The van der Waals surface area contributed by atoms with Crippen LogP contribution in [0.25, 0.3) is 46.6 Å². The number of aryl methyl sites for hydroxylation is 4. The molecule has 8 aromatic rings. The predicted octanol–water partition coefficient (Wildman–Crippen LogP) is 17.9. The topological polar surface area (TPSA) is 21.8 Å². The lowest BCUT2D eigenvalue weighted by atomic mass is 9.93. The fourth-order valence-corrected chi connectivity index (χ4v) is 11.7. The first-order chi connectivity index (χ1) is 40.7. The number of benzene rings is 8. The van der Waals surface area contributed by atoms with Gasteiger partial charge in [-0.25, -0.2) is 0 Å². The molecule has 0 aliphatic heterocycles. The molecular formula is C79H88Cl2N4. The number of hydrogen-bond acceptors (Lipinski definition) is 4. The third-order valence-electron chi connectivity index (χ3n) is 16.0. The Morgan fingerprint density at radius 2 is 0.506 bits per heavy atom. The molecule has 438 valence electrons. The van der Waals surface area contributed by atoms with E-state index in [1.165, 1.54) is 111 Å². The van der Waals surface area contributed by atoms with Gasteiger partial charge in [-0.3, -0.25) is 0 Å². The Kier molecular flexibility index (Phi) is 25.6. The van der Waals surface area contributed by atoms with Crippen molar-refractivity contribution in [2.45, 2.75) is 51.4 Å². The van der Waals surface area contributed by atoms with E-state index in [0.29, 0.717) is 0 Å². The van der Waals surface area contributed by atoms with Gasteiger partial charge >= 0.3 is 0 Å². The summed E-state index contributed by atoms with van der Waals surface area (Å²) >= 11 is 0. The molecular weight excluding hydrogens is 1080 g/mol. The molecule has 0 atom stereocenters. The highest BCUT2D eigenvalue weighted by atomic mass is 35.5. The second kappa shape index (κ2) is 33.3. The molecule has 0 spiro atoms. The van der Waals surface area contributed by atoms with E-state index in [1.807, 2.05) is 7.05 Å². The van der Waals surface area contributed by atoms with Gasteiger partial charge < -0.3 is 20.0 Å². The molecule has 8 aromatic carbocycles. The maximum Gasteiger partial charge on any atom is 0.00101 e. The van der Waals surface area contributed by atoms with Crippen LogP contribution in [0.4, 0.5) is 0 Å². The van der Waals surface area contributed by atoms with Gasteiger partial charge in [0.2, 0.25) is 0 Å². The van der Waals surface area contributed by atoms with Gasteiger partial charge in [0.1, 0.15) is 0 Å². The zero-order valence-electron chi connectivity index (χ0n) is 51.2. The number of nitrogens with zero attached hydrogens (tertiary/aromatic N) is 3. The standard InChI is InChI=1S/C20H23N.2C20H21N.C19H21N.2ClH/c3*1-21(2)15-7-12-20-18-10-5-3-8-16(18)13-14-17-9-4-6-11-19(17)20;1-20-14-6-11-19-17-9-4-2-7-15(17)12-13-16-8-3-5-10-18(16)19;;/h3-6,8-12H,7,13-15H2,1-2H3;2*3-6,8-14H,7,15H2,1-2H3;2-5,7-11,20H,6,12-14H2,1H3;2*1H. The molecule has 6 heteroatoms. The Balaban J connectivity index is 0.000000161. The van der Waals surface area contributed by atoms with Crippen molar-refractivity contribution in [3.05, 3.63) is 307 Å². The molecule has 1 N–H and O–H groups in total. The molecule has 0 saturated carbocycles. The number of fused-ring (bicyclic) bond motifs is 8. The number of hydrogen-bond donors (Lipinski definition) is 1. The molecule has 0 unspecified atom stereocenters. The van der Waals surface area contributed by atoms with Gasteiger partial charge in [0.05, 0.1) is 0 Å². The van der Waals surface area contributed by atoms with Crippen LogP contribution in [0.2, 0.25) is 0 Å². The second-order valence-electron chi connectivity index (χ2n) is 22.8. The molecule has 12 rings (SSSR count). The fourth-order valence-electron chi connectivity index (χ4n) is 11.7. The predicted molar refractivity (Wildman–Crippen MR) is 375 cm³/mol. The highest BCUT2D eigenvalue weighted by Crippen LogP contribution is 2.38. The lowest BCUT2D eigenvalue weighted by molar-refractivity contribution is 0.417. The van der Waals surface area contributed by atoms with Crippen LogP contribution >= 0.6 is 24.8 Å². The monoisotopic (exact) mass is 1160 g/mol. The van der Waals surface area contributed by atoms with Crippen molar-refractivity contribution in [2.24, 2.45) is 0 Å². The minimum atomic E-state index is 0. The Morgan fingerprint density at radius 3 is 0.753 bits per heavy atom. The minimum Gasteiger partial charge on any atom is -0.319 e. The van der Waals surface area contributed by atoms with Gasteiger partial charge in [-0.05, 0) is 219 Å². The zero-order valence-corrected chi connectivity index (χ0v) is 52.9. The molecule has 0 aromatic heterocycles. The van der Waals surface area contributed by atoms with E-state index in [-0.39, 0.29) is 24.8 Å². The van der Waals surface area contributed by atoms with Gasteiger partial charge in [-0.15, -0.1) is 24.8 Å². The van der Waals surface area contributed by atoms with Gasteiger partial charge in [0.15, 0.2) is 0 Å². The zero-order chi connectivity index (χ0) is 57.8. The van der Waals surface area contributed by atoms with Gasteiger partial charge in [-0.2, -0.15) is 0 Å². The summed E-state index contributed by atoms with van der Waals surface area (Å²) in [6.45, 7) is 4.25. The summed E-state index contributed by atoms with van der Waals surface area (Å²) in [6, 6.07) is 70.0. The Morgan fingerprint density at radius 1 is 0.294 bits per heavy atom. The molecule has 85 heavy (non-hydrogen) atoms. The van der Waals surface area contributed by atoms with Crippen molar-refractivity contribution in [3.8, 4) is 0 Å². The van der Waals surface area contributed by atoms with E-state index in [0.717, 1.165) is 77.5 Å². The summed E-state index contributed by atoms with van der Waals surface area (Å²) < 4.78 is 0. The van der Waals surface area contributed by atoms with Crippen LogP contribution < -0.4 is 5.32 Å². The van der Waals surface area contributed by atoms with Crippen LogP contribution in [0.1, 0.15) is 115 Å². The summed E-state index contributed by atoms with van der Waals surface area (Å²) in [5.41, 5.74) is 27.6. The second-order valence-corrected chi connectivity index (χ2v) is 22.8. The number of rotatable bonds is 12. The van der Waals surface area contributed by atoms with E-state index in [9.17, 15) is 0 Å². The van der Waals surface area contributed by atoms with Crippen molar-refractivity contribution in [3.63, 3.8) is 0 Å². The molecule has 0 amide bonds. The summed E-state index contributed by atoms with van der Waals surface area (Å²) in [4.78, 5) is 6.69. The molecule has 0 fully saturated rings. The van der Waals surface area contributed by atoms with E-state index in [4.69, 9.17) is 0 Å². The molecule has 0 heterocycles. The largest absolute Gasteiger partial charge is 0.319 e. The molecule has 4 nitrogen and oxygen atoms in total. The molecule has 4 aliphatic carbocycles. The van der Waals surface area contributed by atoms with E-state index in [1.54, 1.807) is 0 Å². The summed E-state index contributed by atoms with van der Waals surface area (Å²) in [5, 5.41) is 3.23. The number of nitrogens with one attached hydrogen (secondary N) is 1. The normalized spacial score (nSPS) is 12.8. The van der Waals surface area contributed by atoms with E-state index >= 15 is 0 Å². The van der Waals surface area contributed by atoms with Crippen LogP contribution in [0.5, 0.6) is 0 Å². The van der Waals surface area contributed by atoms with E-state index < -0.39 is 0 Å². The summed E-state index contributed by atoms with van der Waals surface area (Å²) in [6.07, 6.45) is 27.3. The van der Waals surface area contributed by atoms with Crippen LogP contribution in [-0.2, 0) is 25.7 Å². The van der Waals surface area contributed by atoms with Crippen LogP contribution in [0.3, 0.4) is 0 Å². The third kappa shape index (κ3) is 17.6. The van der Waals surface area contributed by atoms with Gasteiger partial charge in [0.25, 0.3) is 0 Å². The van der Waals surface area contributed by atoms with Crippen molar-refractivity contribution < 1.29 is 0 Å². The first kappa shape index (κ1) is 65.2. The SMILES string of the molecule is CN(C)CCC=C1c2ccccc2C=Cc2ccccc21.CN(C)CCC=C1c2ccccc2C=Cc2ccccc21.CN(C)CCC=C1c2ccccc2CCc2ccccc21.CNCCC=C1c2ccccc2CCc2ccccc21.Cl.Cl. The average Bonchev–Trinajstić information content (AvgIpc) is 4.04. The van der Waals surface area contributed by atoms with Gasteiger partial charge in [-0.1, -0.05) is 243 Å². The summed E-state index contributed by atoms with van der Waals surface area (Å²) in [5.74, 6) is 0. The molecule has 0 saturated heterocycles. The third-order valence-corrected chi connectivity index (χ3v) is 16.0. The highest BCUT2D eigenvalue weighted by molar-refractivity contribution is 5.95. The van der Waals surface area contributed by atoms with Crippen LogP contribution in [0.15, 0.2) is 218 Å². The Labute approximate surface area is 522 Å². The Hall–Kier alpha value is -7.38. The number of halogens is 2. The molecule has 0 bridgehead atoms. The van der Waals surface area contributed by atoms with Crippen molar-refractivity contribution >= 4 is 71.4 Å². The van der Waals surface area contributed by atoms with Gasteiger partial charge in [0, 0.05) is 19.6 Å². The van der Waals surface area contributed by atoms with Crippen molar-refractivity contribution in [1.29, 1.82) is 0 Å². The summed E-state index contributed by atoms with van der Waals surface area (Å²) in [7, 11) is 14.8. The minimum absolute atomic E-state index is 0. The lowest BCUT2D eigenvalue weighted by Gasteiger charge is -2.13. The van der Waals surface area contributed by atoms with Crippen molar-refractivity contribution in [1.82, 2.24) is 20.0 Å².